The normalized spacial score (nSPS) is 18.3. The van der Waals surface area contributed by atoms with Gasteiger partial charge in [-0.1, -0.05) is 30.3 Å². The minimum absolute atomic E-state index is 0.0782. The molecule has 0 aliphatic carbocycles. The third-order valence-electron chi connectivity index (χ3n) is 5.50. The van der Waals surface area contributed by atoms with E-state index in [-0.39, 0.29) is 6.04 Å². The number of aromatic nitrogens is 1. The lowest BCUT2D eigenvalue weighted by molar-refractivity contribution is 0.121. The van der Waals surface area contributed by atoms with Crippen LogP contribution < -0.4 is 15.0 Å². The number of methoxy groups -OCH3 is 1. The molecule has 0 bridgehead atoms. The predicted octanol–water partition coefficient (Wildman–Crippen LogP) is 3.30. The van der Waals surface area contributed by atoms with Crippen LogP contribution in [0.5, 0.6) is 5.75 Å². The molecule has 3 heterocycles. The van der Waals surface area contributed by atoms with Crippen LogP contribution in [0.15, 0.2) is 48.5 Å². The molecule has 2 aromatic carbocycles. The quantitative estimate of drug-likeness (QED) is 0.673. The molecule has 1 aromatic heterocycles. The summed E-state index contributed by atoms with van der Waals surface area (Å²) in [5.74, 6) is 0.601. The van der Waals surface area contributed by atoms with Crippen molar-refractivity contribution in [2.45, 2.75) is 12.6 Å². The molecule has 1 saturated heterocycles. The molecule has 5 rings (SSSR count). The summed E-state index contributed by atoms with van der Waals surface area (Å²) in [5, 5.41) is 4.43. The Bertz CT molecular complexity index is 1030. The van der Waals surface area contributed by atoms with Gasteiger partial charge in [-0.25, -0.2) is 4.79 Å². The maximum absolute atomic E-state index is 12.0. The number of para-hydroxylation sites is 2. The van der Waals surface area contributed by atoms with Crippen molar-refractivity contribution in [3.63, 3.8) is 0 Å². The molecule has 27 heavy (non-hydrogen) atoms. The molecular formula is C21H21N3O3. The first-order valence-electron chi connectivity index (χ1n) is 9.20. The van der Waals surface area contributed by atoms with Gasteiger partial charge in [0.1, 0.15) is 0 Å². The highest BCUT2D eigenvalue weighted by Gasteiger charge is 2.36. The fourth-order valence-corrected chi connectivity index (χ4v) is 4.36. The minimum Gasteiger partial charge on any atom is -0.437 e. The molecule has 1 atom stereocenters. The lowest BCUT2D eigenvalue weighted by Gasteiger charge is -2.37. The van der Waals surface area contributed by atoms with E-state index in [9.17, 15) is 4.79 Å². The summed E-state index contributed by atoms with van der Waals surface area (Å²) in [7, 11) is 1.34. The lowest BCUT2D eigenvalue weighted by atomic mass is 10.1. The molecule has 1 N–H and O–H groups in total. The molecule has 0 radical (unpaired) electrons. The van der Waals surface area contributed by atoms with E-state index < -0.39 is 6.16 Å². The fourth-order valence-electron chi connectivity index (χ4n) is 4.36. The number of carbonyl (C=O) groups is 1. The van der Waals surface area contributed by atoms with E-state index in [0.717, 1.165) is 42.8 Å². The Hall–Kier alpha value is -2.99. The van der Waals surface area contributed by atoms with Crippen LogP contribution in [-0.4, -0.2) is 37.5 Å². The first-order chi connectivity index (χ1) is 13.3. The van der Waals surface area contributed by atoms with Crippen molar-refractivity contribution in [2.24, 2.45) is 0 Å². The summed E-state index contributed by atoms with van der Waals surface area (Å²) in [6, 6.07) is 16.7. The van der Waals surface area contributed by atoms with E-state index in [2.05, 4.69) is 45.1 Å². The maximum atomic E-state index is 12.0. The number of ether oxygens (including phenoxy) is 2. The molecule has 0 saturated carbocycles. The molecule has 138 valence electrons. The van der Waals surface area contributed by atoms with Crippen molar-refractivity contribution in [1.29, 1.82) is 0 Å². The first-order valence-corrected chi connectivity index (χ1v) is 9.20. The third kappa shape index (κ3) is 2.48. The number of fused-ring (bicyclic) bond motifs is 7. The Labute approximate surface area is 157 Å². The molecule has 2 aliphatic heterocycles. The van der Waals surface area contributed by atoms with Crippen LogP contribution in [-0.2, 0) is 11.3 Å². The largest absolute Gasteiger partial charge is 0.513 e. The van der Waals surface area contributed by atoms with Gasteiger partial charge in [-0.2, -0.15) is 0 Å². The number of hydrogen-bond acceptors (Lipinski definition) is 5. The highest BCUT2D eigenvalue weighted by atomic mass is 16.7. The molecule has 6 nitrogen and oxygen atoms in total. The number of rotatable bonds is 1. The molecule has 3 aromatic rings. The average Bonchev–Trinajstić information content (AvgIpc) is 2.92. The summed E-state index contributed by atoms with van der Waals surface area (Å²) in [6.07, 6.45) is -0.689. The Morgan fingerprint density at radius 3 is 2.85 bits per heavy atom. The van der Waals surface area contributed by atoms with Crippen molar-refractivity contribution in [2.75, 3.05) is 31.6 Å². The van der Waals surface area contributed by atoms with Crippen LogP contribution >= 0.6 is 0 Å². The van der Waals surface area contributed by atoms with Gasteiger partial charge in [0.25, 0.3) is 0 Å². The fraction of sp³-hybridized carbons (Fsp3) is 0.286. The summed E-state index contributed by atoms with van der Waals surface area (Å²) in [6.45, 7) is 3.37. The highest BCUT2D eigenvalue weighted by Crippen LogP contribution is 2.44. The van der Waals surface area contributed by atoms with Crippen LogP contribution in [0.1, 0.15) is 17.3 Å². The number of nitrogens with zero attached hydrogens (tertiary/aromatic N) is 2. The molecular weight excluding hydrogens is 342 g/mol. The van der Waals surface area contributed by atoms with Crippen molar-refractivity contribution < 1.29 is 14.3 Å². The summed E-state index contributed by atoms with van der Waals surface area (Å²) in [4.78, 5) is 14.4. The van der Waals surface area contributed by atoms with Gasteiger partial charge in [0.05, 0.1) is 30.9 Å². The Morgan fingerprint density at radius 2 is 1.96 bits per heavy atom. The molecule has 0 amide bonds. The predicted molar refractivity (Wildman–Crippen MR) is 103 cm³/mol. The molecule has 1 fully saturated rings. The second-order valence-electron chi connectivity index (χ2n) is 6.92. The van der Waals surface area contributed by atoms with Crippen molar-refractivity contribution >= 4 is 22.7 Å². The topological polar surface area (TPSA) is 55.7 Å². The molecule has 1 unspecified atom stereocenters. The Morgan fingerprint density at radius 1 is 1.15 bits per heavy atom. The van der Waals surface area contributed by atoms with Crippen molar-refractivity contribution in [3.8, 4) is 5.75 Å². The minimum atomic E-state index is -0.689. The van der Waals surface area contributed by atoms with Crippen LogP contribution in [0.25, 0.3) is 10.9 Å². The molecule has 6 heteroatoms. The van der Waals surface area contributed by atoms with Gasteiger partial charge in [0.15, 0.2) is 5.75 Å². The van der Waals surface area contributed by atoms with E-state index in [4.69, 9.17) is 9.47 Å². The van der Waals surface area contributed by atoms with E-state index >= 15 is 0 Å². The van der Waals surface area contributed by atoms with E-state index in [1.54, 1.807) is 0 Å². The number of anilines is 1. The number of carbonyl (C=O) groups excluding carboxylic acids is 1. The number of hydrogen-bond donors (Lipinski definition) is 1. The van der Waals surface area contributed by atoms with Crippen LogP contribution in [0, 0.1) is 0 Å². The van der Waals surface area contributed by atoms with Crippen LogP contribution in [0.3, 0.4) is 0 Å². The SMILES string of the molecule is COC(=O)Oc1c2n(c3ccccc13)Cc1ccccc1N1CCNCC21. The summed E-state index contributed by atoms with van der Waals surface area (Å²) >= 11 is 0. The zero-order chi connectivity index (χ0) is 18.4. The third-order valence-corrected chi connectivity index (χ3v) is 5.50. The van der Waals surface area contributed by atoms with E-state index in [1.165, 1.54) is 18.4 Å². The van der Waals surface area contributed by atoms with Gasteiger partial charge >= 0.3 is 6.16 Å². The molecule has 2 aliphatic rings. The van der Waals surface area contributed by atoms with Gasteiger partial charge in [-0.15, -0.1) is 0 Å². The van der Waals surface area contributed by atoms with Crippen LogP contribution in [0.4, 0.5) is 10.5 Å². The average molecular weight is 363 g/mol. The summed E-state index contributed by atoms with van der Waals surface area (Å²) < 4.78 is 12.8. The zero-order valence-electron chi connectivity index (χ0n) is 15.1. The van der Waals surface area contributed by atoms with E-state index in [1.807, 2.05) is 18.2 Å². The van der Waals surface area contributed by atoms with Gasteiger partial charge in [-0.3, -0.25) is 0 Å². The number of piperazine rings is 1. The Balaban J connectivity index is 1.79. The second kappa shape index (κ2) is 6.32. The zero-order valence-corrected chi connectivity index (χ0v) is 15.1. The van der Waals surface area contributed by atoms with Crippen LogP contribution in [0.2, 0.25) is 0 Å². The standard InChI is InChI=1S/C21H21N3O3/c1-26-21(25)27-20-15-7-3-5-9-17(15)24-13-14-6-2-4-8-16(14)23-11-10-22-12-18(23)19(20)24/h2-9,18,22H,10-13H2,1H3. The smallest absolute Gasteiger partial charge is 0.437 e. The second-order valence-corrected chi connectivity index (χ2v) is 6.92. The van der Waals surface area contributed by atoms with Crippen molar-refractivity contribution in [1.82, 2.24) is 9.88 Å². The highest BCUT2D eigenvalue weighted by molar-refractivity contribution is 5.91. The summed E-state index contributed by atoms with van der Waals surface area (Å²) in [5.41, 5.74) is 4.60. The van der Waals surface area contributed by atoms with Gasteiger partial charge < -0.3 is 24.3 Å². The van der Waals surface area contributed by atoms with Gasteiger partial charge in [0, 0.05) is 30.7 Å². The number of benzene rings is 2. The number of nitrogens with one attached hydrogen (secondary N) is 1. The van der Waals surface area contributed by atoms with Crippen molar-refractivity contribution in [3.05, 3.63) is 59.8 Å². The van der Waals surface area contributed by atoms with E-state index in [0.29, 0.717) is 5.75 Å². The molecule has 0 spiro atoms. The van der Waals surface area contributed by atoms with Gasteiger partial charge in [0.2, 0.25) is 0 Å². The monoisotopic (exact) mass is 363 g/mol. The van der Waals surface area contributed by atoms with Gasteiger partial charge in [-0.05, 0) is 23.8 Å². The Kier molecular flexibility index (Phi) is 3.79. The first kappa shape index (κ1) is 16.2. The lowest BCUT2D eigenvalue weighted by Crippen LogP contribution is -2.46. The maximum Gasteiger partial charge on any atom is 0.513 e.